The predicted octanol–water partition coefficient (Wildman–Crippen LogP) is 1.96. The fraction of sp³-hybridized carbons (Fsp3) is 1.00. The molecule has 0 saturated carbocycles. The molecule has 0 heterocycles. The molecule has 1 unspecified atom stereocenters. The highest BCUT2D eigenvalue weighted by Crippen LogP contribution is 1.99. The number of nitrogens with one attached hydrogen (secondary N) is 1. The summed E-state index contributed by atoms with van der Waals surface area (Å²) in [5.74, 6) is 0.772. The maximum atomic E-state index is 3.44. The lowest BCUT2D eigenvalue weighted by atomic mass is 10.2. The third-order valence-corrected chi connectivity index (χ3v) is 2.16. The quantitative estimate of drug-likeness (QED) is 0.654. The first-order valence-corrected chi connectivity index (χ1v) is 5.55. The number of rotatable bonds is 7. The van der Waals surface area contributed by atoms with Crippen LogP contribution in [0.3, 0.4) is 0 Å². The van der Waals surface area contributed by atoms with Crippen LogP contribution < -0.4 is 5.32 Å². The van der Waals surface area contributed by atoms with Gasteiger partial charge in [-0.15, -0.1) is 0 Å². The van der Waals surface area contributed by atoms with Gasteiger partial charge in [-0.2, -0.15) is 0 Å². The van der Waals surface area contributed by atoms with Crippen molar-refractivity contribution in [1.29, 1.82) is 0 Å². The third-order valence-electron chi connectivity index (χ3n) is 2.16. The zero-order valence-corrected chi connectivity index (χ0v) is 9.93. The molecule has 0 rings (SSSR count). The van der Waals surface area contributed by atoms with Gasteiger partial charge >= 0.3 is 0 Å². The lowest BCUT2D eigenvalue weighted by Crippen LogP contribution is -2.40. The van der Waals surface area contributed by atoms with Gasteiger partial charge in [-0.05, 0) is 25.9 Å². The molecular weight excluding hydrogens is 160 g/mol. The first kappa shape index (κ1) is 12.9. The summed E-state index contributed by atoms with van der Waals surface area (Å²) < 4.78 is 0. The van der Waals surface area contributed by atoms with Crippen molar-refractivity contribution in [3.63, 3.8) is 0 Å². The average Bonchev–Trinajstić information content (AvgIpc) is 2.02. The molecule has 13 heavy (non-hydrogen) atoms. The summed E-state index contributed by atoms with van der Waals surface area (Å²) in [6.45, 7) is 15.8. The van der Waals surface area contributed by atoms with E-state index in [1.807, 2.05) is 0 Å². The third kappa shape index (κ3) is 7.03. The molecule has 0 aromatic rings. The molecule has 0 aliphatic rings. The van der Waals surface area contributed by atoms with Crippen molar-refractivity contribution in [2.45, 2.75) is 40.7 Å². The van der Waals surface area contributed by atoms with E-state index < -0.39 is 0 Å². The van der Waals surface area contributed by atoms with E-state index in [9.17, 15) is 0 Å². The van der Waals surface area contributed by atoms with Crippen molar-refractivity contribution in [3.05, 3.63) is 0 Å². The van der Waals surface area contributed by atoms with Gasteiger partial charge in [0, 0.05) is 19.1 Å². The lowest BCUT2D eigenvalue weighted by molar-refractivity contribution is 0.234. The molecule has 2 nitrogen and oxygen atoms in total. The molecule has 0 saturated heterocycles. The molecule has 0 aromatic carbocycles. The smallest absolute Gasteiger partial charge is 0.0166 e. The van der Waals surface area contributed by atoms with Crippen molar-refractivity contribution in [1.82, 2.24) is 10.2 Å². The second kappa shape index (κ2) is 7.34. The van der Waals surface area contributed by atoms with Gasteiger partial charge in [-0.3, -0.25) is 0 Å². The molecule has 2 heteroatoms. The molecule has 1 atom stereocenters. The van der Waals surface area contributed by atoms with Crippen molar-refractivity contribution in [2.24, 2.45) is 5.92 Å². The summed E-state index contributed by atoms with van der Waals surface area (Å²) in [4.78, 5) is 2.51. The SMILES string of the molecule is CCNC(C)CN(CC)CC(C)C. The number of hydrogen-bond acceptors (Lipinski definition) is 2. The van der Waals surface area contributed by atoms with Gasteiger partial charge in [0.25, 0.3) is 0 Å². The van der Waals surface area contributed by atoms with Gasteiger partial charge in [0.05, 0.1) is 0 Å². The summed E-state index contributed by atoms with van der Waals surface area (Å²) in [6, 6.07) is 0.615. The minimum atomic E-state index is 0.615. The standard InChI is InChI=1S/C11H26N2/c1-6-12-11(5)9-13(7-2)8-10(3)4/h10-12H,6-9H2,1-5H3. The molecule has 0 spiro atoms. The van der Waals surface area contributed by atoms with Gasteiger partial charge < -0.3 is 10.2 Å². The van der Waals surface area contributed by atoms with Crippen LogP contribution in [-0.2, 0) is 0 Å². The van der Waals surface area contributed by atoms with Crippen LogP contribution in [0.2, 0.25) is 0 Å². The van der Waals surface area contributed by atoms with Crippen molar-refractivity contribution < 1.29 is 0 Å². The summed E-state index contributed by atoms with van der Waals surface area (Å²) in [6.07, 6.45) is 0. The Balaban J connectivity index is 3.69. The van der Waals surface area contributed by atoms with Gasteiger partial charge in [0.1, 0.15) is 0 Å². The van der Waals surface area contributed by atoms with Gasteiger partial charge in [-0.25, -0.2) is 0 Å². The Hall–Kier alpha value is -0.0800. The second-order valence-corrected chi connectivity index (χ2v) is 4.20. The van der Waals surface area contributed by atoms with Crippen molar-refractivity contribution in [3.8, 4) is 0 Å². The Bertz CT molecular complexity index is 113. The van der Waals surface area contributed by atoms with Crippen LogP contribution in [0.1, 0.15) is 34.6 Å². The Morgan fingerprint density at radius 2 is 1.69 bits per heavy atom. The lowest BCUT2D eigenvalue weighted by Gasteiger charge is -2.26. The van der Waals surface area contributed by atoms with E-state index in [0.29, 0.717) is 6.04 Å². The summed E-state index contributed by atoms with van der Waals surface area (Å²) in [5, 5.41) is 3.44. The van der Waals surface area contributed by atoms with E-state index >= 15 is 0 Å². The van der Waals surface area contributed by atoms with E-state index in [1.54, 1.807) is 0 Å². The topological polar surface area (TPSA) is 15.3 Å². The van der Waals surface area contributed by atoms with Crippen LogP contribution in [0.25, 0.3) is 0 Å². The van der Waals surface area contributed by atoms with Crippen LogP contribution in [0.4, 0.5) is 0 Å². The highest BCUT2D eigenvalue weighted by Gasteiger charge is 2.08. The van der Waals surface area contributed by atoms with E-state index in [0.717, 1.165) is 19.0 Å². The molecule has 80 valence electrons. The molecule has 1 N–H and O–H groups in total. The fourth-order valence-electron chi connectivity index (χ4n) is 1.65. The Morgan fingerprint density at radius 1 is 1.08 bits per heavy atom. The van der Waals surface area contributed by atoms with Gasteiger partial charge in [-0.1, -0.05) is 27.7 Å². The maximum absolute atomic E-state index is 3.44. The average molecular weight is 186 g/mol. The van der Waals surface area contributed by atoms with Crippen LogP contribution >= 0.6 is 0 Å². The van der Waals surface area contributed by atoms with E-state index in [1.165, 1.54) is 13.1 Å². The number of nitrogens with zero attached hydrogens (tertiary/aromatic N) is 1. The zero-order valence-electron chi connectivity index (χ0n) is 9.93. The van der Waals surface area contributed by atoms with Gasteiger partial charge in [0.2, 0.25) is 0 Å². The van der Waals surface area contributed by atoms with Crippen LogP contribution in [0.5, 0.6) is 0 Å². The minimum absolute atomic E-state index is 0.615. The van der Waals surface area contributed by atoms with E-state index in [4.69, 9.17) is 0 Å². The van der Waals surface area contributed by atoms with E-state index in [2.05, 4.69) is 44.8 Å². The van der Waals surface area contributed by atoms with Crippen LogP contribution in [-0.4, -0.2) is 37.1 Å². The highest BCUT2D eigenvalue weighted by molar-refractivity contribution is 4.67. The molecule has 0 bridgehead atoms. The molecular formula is C11H26N2. The van der Waals surface area contributed by atoms with Crippen molar-refractivity contribution in [2.75, 3.05) is 26.2 Å². The Labute approximate surface area is 83.7 Å². The second-order valence-electron chi connectivity index (χ2n) is 4.20. The first-order valence-electron chi connectivity index (χ1n) is 5.55. The van der Waals surface area contributed by atoms with Crippen LogP contribution in [0, 0.1) is 5.92 Å². The molecule has 0 amide bonds. The normalized spacial score (nSPS) is 14.1. The molecule has 0 aliphatic heterocycles. The first-order chi connectivity index (χ1) is 6.10. The molecule has 0 radical (unpaired) electrons. The molecule has 0 aromatic heterocycles. The molecule has 0 aliphatic carbocycles. The van der Waals surface area contributed by atoms with Crippen molar-refractivity contribution >= 4 is 0 Å². The number of likely N-dealkylation sites (N-methyl/N-ethyl adjacent to an activating group) is 2. The summed E-state index contributed by atoms with van der Waals surface area (Å²) >= 11 is 0. The Kier molecular flexibility index (Phi) is 7.29. The highest BCUT2D eigenvalue weighted by atomic mass is 15.1. The predicted molar refractivity (Wildman–Crippen MR) is 60.1 cm³/mol. The number of hydrogen-bond donors (Lipinski definition) is 1. The largest absolute Gasteiger partial charge is 0.313 e. The maximum Gasteiger partial charge on any atom is 0.0166 e. The Morgan fingerprint density at radius 3 is 2.08 bits per heavy atom. The van der Waals surface area contributed by atoms with E-state index in [-0.39, 0.29) is 0 Å². The zero-order chi connectivity index (χ0) is 10.3. The fourth-order valence-corrected chi connectivity index (χ4v) is 1.65. The minimum Gasteiger partial charge on any atom is -0.313 e. The summed E-state index contributed by atoms with van der Waals surface area (Å²) in [7, 11) is 0. The molecule has 0 fully saturated rings. The van der Waals surface area contributed by atoms with Gasteiger partial charge in [0.15, 0.2) is 0 Å². The van der Waals surface area contributed by atoms with Crippen LogP contribution in [0.15, 0.2) is 0 Å². The summed E-state index contributed by atoms with van der Waals surface area (Å²) in [5.41, 5.74) is 0. The monoisotopic (exact) mass is 186 g/mol.